The van der Waals surface area contributed by atoms with Gasteiger partial charge in [-0.1, -0.05) is 0 Å². The van der Waals surface area contributed by atoms with Crippen molar-refractivity contribution in [1.82, 2.24) is 5.43 Å². The largest absolute Gasteiger partial charge is 0.493 e. The van der Waals surface area contributed by atoms with Gasteiger partial charge in [-0.15, -0.1) is 0 Å². The summed E-state index contributed by atoms with van der Waals surface area (Å²) in [6.45, 7) is 1.39. The van der Waals surface area contributed by atoms with E-state index in [0.29, 0.717) is 22.3 Å². The summed E-state index contributed by atoms with van der Waals surface area (Å²) in [5, 5.41) is 24.0. The van der Waals surface area contributed by atoms with Crippen molar-refractivity contribution < 1.29 is 33.5 Å². The maximum absolute atomic E-state index is 12.2. The van der Waals surface area contributed by atoms with Gasteiger partial charge in [-0.25, -0.2) is 10.2 Å². The minimum absolute atomic E-state index is 0.0587. The lowest BCUT2D eigenvalue weighted by molar-refractivity contribution is -0.384. The smallest absolute Gasteiger partial charge is 0.344 e. The van der Waals surface area contributed by atoms with E-state index >= 15 is 0 Å². The summed E-state index contributed by atoms with van der Waals surface area (Å²) in [7, 11) is 1.40. The number of carbonyl (C=O) groups excluding carboxylic acids is 1. The highest BCUT2D eigenvalue weighted by Gasteiger charge is 2.16. The molecule has 0 aliphatic carbocycles. The van der Waals surface area contributed by atoms with Crippen molar-refractivity contribution in [2.75, 3.05) is 7.11 Å². The molecule has 0 saturated heterocycles. The minimum atomic E-state index is -1.12. The van der Waals surface area contributed by atoms with Crippen LogP contribution in [0.2, 0.25) is 0 Å². The molecule has 160 valence electrons. The molecule has 31 heavy (non-hydrogen) atoms. The molecular formula is C20H17N3O8. The number of carboxylic acid groups (broad SMARTS) is 1. The van der Waals surface area contributed by atoms with E-state index in [-0.39, 0.29) is 17.2 Å². The number of hydrazone groups is 1. The lowest BCUT2D eigenvalue weighted by atomic mass is 10.2. The van der Waals surface area contributed by atoms with E-state index in [0.717, 1.165) is 0 Å². The van der Waals surface area contributed by atoms with Crippen LogP contribution in [0.25, 0.3) is 11.0 Å². The first-order valence-corrected chi connectivity index (χ1v) is 8.87. The molecule has 1 amide bonds. The number of hydrogen-bond acceptors (Lipinski definition) is 8. The van der Waals surface area contributed by atoms with Crippen LogP contribution >= 0.6 is 0 Å². The van der Waals surface area contributed by atoms with Crippen LogP contribution in [0.1, 0.15) is 23.0 Å². The number of nitro groups is 1. The number of non-ortho nitro benzene ring substituents is 1. The number of ether oxygens (including phenoxy) is 2. The second kappa shape index (κ2) is 8.95. The van der Waals surface area contributed by atoms with E-state index in [4.69, 9.17) is 19.0 Å². The third-order valence-corrected chi connectivity index (χ3v) is 4.15. The summed E-state index contributed by atoms with van der Waals surface area (Å²) >= 11 is 0. The Balaban J connectivity index is 1.69. The fourth-order valence-corrected chi connectivity index (χ4v) is 2.58. The van der Waals surface area contributed by atoms with Crippen LogP contribution in [0.15, 0.2) is 52.0 Å². The lowest BCUT2D eigenvalue weighted by Crippen LogP contribution is -2.23. The van der Waals surface area contributed by atoms with E-state index in [1.54, 1.807) is 12.1 Å². The molecule has 0 saturated carbocycles. The Bertz CT molecular complexity index is 1180. The number of aliphatic carboxylic acids is 1. The summed E-state index contributed by atoms with van der Waals surface area (Å²) < 4.78 is 15.9. The molecule has 0 fully saturated rings. The Labute approximate surface area is 175 Å². The van der Waals surface area contributed by atoms with Gasteiger partial charge in [-0.05, 0) is 42.8 Å². The van der Waals surface area contributed by atoms with Crippen molar-refractivity contribution in [3.8, 4) is 11.5 Å². The van der Waals surface area contributed by atoms with Gasteiger partial charge in [0.1, 0.15) is 5.58 Å². The number of hydrogen-bond donors (Lipinski definition) is 2. The molecule has 1 atom stereocenters. The Kier molecular flexibility index (Phi) is 6.15. The zero-order valence-electron chi connectivity index (χ0n) is 16.4. The standard InChI is InChI=1S/C20H17N3O8/c1-11(20(25)26)30-16-5-3-12(7-17(16)29-2)10-21-22-19(24)18-9-13-8-14(23(27)28)4-6-15(13)31-18/h3-11H,1-2H3,(H,22,24)(H,25,26)/b21-10-/t11-/m1/s1. The lowest BCUT2D eigenvalue weighted by Gasteiger charge is -2.13. The van der Waals surface area contributed by atoms with Crippen LogP contribution in [0, 0.1) is 10.1 Å². The van der Waals surface area contributed by atoms with Gasteiger partial charge in [0.05, 0.1) is 18.2 Å². The third-order valence-electron chi connectivity index (χ3n) is 4.15. The highest BCUT2D eigenvalue weighted by molar-refractivity contribution is 5.97. The SMILES string of the molecule is COc1cc(/C=N\NC(=O)c2cc3cc([N+](=O)[O-])ccc3o2)ccc1O[C@H](C)C(=O)O. The topological polar surface area (TPSA) is 154 Å². The van der Waals surface area contributed by atoms with E-state index in [9.17, 15) is 19.7 Å². The first-order valence-electron chi connectivity index (χ1n) is 8.87. The van der Waals surface area contributed by atoms with Crippen LogP contribution in [-0.4, -0.2) is 41.3 Å². The number of methoxy groups -OCH3 is 1. The molecule has 1 heterocycles. The van der Waals surface area contributed by atoms with Crippen LogP contribution in [-0.2, 0) is 4.79 Å². The zero-order valence-corrected chi connectivity index (χ0v) is 16.4. The van der Waals surface area contributed by atoms with Crippen molar-refractivity contribution in [3.63, 3.8) is 0 Å². The Morgan fingerprint density at radius 1 is 1.23 bits per heavy atom. The number of nitrogens with zero attached hydrogens (tertiary/aromatic N) is 2. The number of furan rings is 1. The van der Waals surface area contributed by atoms with Gasteiger partial charge in [-0.2, -0.15) is 5.10 Å². The number of nitro benzene ring substituents is 1. The highest BCUT2D eigenvalue weighted by Crippen LogP contribution is 2.28. The number of rotatable bonds is 8. The fourth-order valence-electron chi connectivity index (χ4n) is 2.58. The molecule has 1 aromatic heterocycles. The molecule has 3 aromatic rings. The Hall–Kier alpha value is -4.41. The van der Waals surface area contributed by atoms with Gasteiger partial charge >= 0.3 is 11.9 Å². The molecule has 0 aliphatic rings. The van der Waals surface area contributed by atoms with Crippen LogP contribution in [0.3, 0.4) is 0 Å². The van der Waals surface area contributed by atoms with Crippen molar-refractivity contribution in [2.45, 2.75) is 13.0 Å². The first kappa shape index (κ1) is 21.3. The number of benzene rings is 2. The monoisotopic (exact) mass is 427 g/mol. The number of carbonyl (C=O) groups is 2. The molecule has 0 unspecified atom stereocenters. The van der Waals surface area contributed by atoms with E-state index in [1.807, 2.05) is 0 Å². The molecule has 3 rings (SSSR count). The molecule has 2 N–H and O–H groups in total. The predicted molar refractivity (Wildman–Crippen MR) is 109 cm³/mol. The second-order valence-electron chi connectivity index (χ2n) is 6.30. The number of fused-ring (bicyclic) bond motifs is 1. The van der Waals surface area contributed by atoms with Gasteiger partial charge in [0, 0.05) is 17.5 Å². The first-order chi connectivity index (χ1) is 14.8. The molecule has 2 aromatic carbocycles. The number of amides is 1. The molecule has 0 aliphatic heterocycles. The summed E-state index contributed by atoms with van der Waals surface area (Å²) in [6, 6.07) is 10.1. The maximum atomic E-state index is 12.2. The maximum Gasteiger partial charge on any atom is 0.344 e. The van der Waals surface area contributed by atoms with E-state index in [2.05, 4.69) is 10.5 Å². The fraction of sp³-hybridized carbons (Fsp3) is 0.150. The third kappa shape index (κ3) is 4.96. The molecule has 0 radical (unpaired) electrons. The van der Waals surface area contributed by atoms with Crippen molar-refractivity contribution in [1.29, 1.82) is 0 Å². The predicted octanol–water partition coefficient (Wildman–Crippen LogP) is 2.97. The van der Waals surface area contributed by atoms with Crippen LogP contribution < -0.4 is 14.9 Å². The Morgan fingerprint density at radius 3 is 2.68 bits per heavy atom. The molecule has 0 bridgehead atoms. The zero-order chi connectivity index (χ0) is 22.5. The van der Waals surface area contributed by atoms with Crippen LogP contribution in [0.5, 0.6) is 11.5 Å². The molecular weight excluding hydrogens is 410 g/mol. The summed E-state index contributed by atoms with van der Waals surface area (Å²) in [6.07, 6.45) is 0.288. The van der Waals surface area contributed by atoms with Crippen molar-refractivity contribution >= 4 is 34.7 Å². The number of nitrogens with one attached hydrogen (secondary N) is 1. The molecule has 11 heteroatoms. The van der Waals surface area contributed by atoms with Crippen LogP contribution in [0.4, 0.5) is 5.69 Å². The molecule has 11 nitrogen and oxygen atoms in total. The van der Waals surface area contributed by atoms with Crippen molar-refractivity contribution in [2.24, 2.45) is 5.10 Å². The van der Waals surface area contributed by atoms with Gasteiger partial charge in [-0.3, -0.25) is 14.9 Å². The minimum Gasteiger partial charge on any atom is -0.493 e. The Morgan fingerprint density at radius 2 is 2.00 bits per heavy atom. The van der Waals surface area contributed by atoms with E-state index < -0.39 is 22.9 Å². The normalized spacial score (nSPS) is 11.9. The van der Waals surface area contributed by atoms with Gasteiger partial charge in [0.25, 0.3) is 5.69 Å². The quantitative estimate of drug-likeness (QED) is 0.316. The molecule has 0 spiro atoms. The summed E-state index contributed by atoms with van der Waals surface area (Å²) in [5.41, 5.74) is 3.06. The average molecular weight is 427 g/mol. The van der Waals surface area contributed by atoms with Gasteiger partial charge < -0.3 is 19.0 Å². The van der Waals surface area contributed by atoms with Gasteiger partial charge in [0.15, 0.2) is 23.4 Å². The number of carboxylic acids is 1. The summed E-state index contributed by atoms with van der Waals surface area (Å²) in [4.78, 5) is 33.5. The second-order valence-corrected chi connectivity index (χ2v) is 6.30. The van der Waals surface area contributed by atoms with Gasteiger partial charge in [0.2, 0.25) is 0 Å². The highest BCUT2D eigenvalue weighted by atomic mass is 16.6. The average Bonchev–Trinajstić information content (AvgIpc) is 3.17. The summed E-state index contributed by atoms with van der Waals surface area (Å²) in [5.74, 6) is -1.28. The van der Waals surface area contributed by atoms with Crippen molar-refractivity contribution in [3.05, 3.63) is 63.9 Å². The van der Waals surface area contributed by atoms with E-state index in [1.165, 1.54) is 50.6 Å².